The molecule has 1 aliphatic heterocycles. The topological polar surface area (TPSA) is 84.8 Å². The maximum absolute atomic E-state index is 14.1. The standard InChI is InChI=1S/C18H20FN5O/c1-18(2,3)16-12-10-24(8-7-13(12)22-23-16)17(25)21-14-6-4-5-11(9-20)15(14)19/h4-6H,7-8,10H2,1-3H3,(H,21,25)(H,22,23). The number of nitrogens with one attached hydrogen (secondary N) is 2. The van der Waals surface area contributed by atoms with Crippen LogP contribution in [0.1, 0.15) is 43.3 Å². The van der Waals surface area contributed by atoms with E-state index in [1.54, 1.807) is 17.0 Å². The molecule has 0 aliphatic carbocycles. The smallest absolute Gasteiger partial charge is 0.320 e. The molecule has 130 valence electrons. The number of hydrogen-bond donors (Lipinski definition) is 2. The first-order chi connectivity index (χ1) is 11.8. The van der Waals surface area contributed by atoms with Gasteiger partial charge in [-0.05, 0) is 12.1 Å². The van der Waals surface area contributed by atoms with Gasteiger partial charge in [0.2, 0.25) is 0 Å². The van der Waals surface area contributed by atoms with Crippen LogP contribution in [0.4, 0.5) is 14.9 Å². The van der Waals surface area contributed by atoms with E-state index in [4.69, 9.17) is 5.26 Å². The van der Waals surface area contributed by atoms with Crippen LogP contribution in [0.3, 0.4) is 0 Å². The average molecular weight is 341 g/mol. The van der Waals surface area contributed by atoms with Crippen molar-refractivity contribution in [3.63, 3.8) is 0 Å². The fourth-order valence-electron chi connectivity index (χ4n) is 3.00. The summed E-state index contributed by atoms with van der Waals surface area (Å²) in [6.45, 7) is 7.16. The van der Waals surface area contributed by atoms with E-state index in [1.807, 2.05) is 0 Å². The van der Waals surface area contributed by atoms with Gasteiger partial charge in [0.15, 0.2) is 5.82 Å². The van der Waals surface area contributed by atoms with E-state index in [2.05, 4.69) is 36.3 Å². The lowest BCUT2D eigenvalue weighted by molar-refractivity contribution is 0.205. The summed E-state index contributed by atoms with van der Waals surface area (Å²) in [5.41, 5.74) is 2.81. The highest BCUT2D eigenvalue weighted by atomic mass is 19.1. The van der Waals surface area contributed by atoms with Gasteiger partial charge in [-0.3, -0.25) is 5.10 Å². The maximum Gasteiger partial charge on any atom is 0.322 e. The SMILES string of the molecule is CC(C)(C)c1n[nH]c2c1CN(C(=O)Nc1cccc(C#N)c1F)CC2. The van der Waals surface area contributed by atoms with Crippen LogP contribution >= 0.6 is 0 Å². The molecule has 3 rings (SSSR count). The maximum atomic E-state index is 14.1. The number of halogens is 1. The molecule has 0 saturated heterocycles. The molecule has 1 aromatic carbocycles. The van der Waals surface area contributed by atoms with Gasteiger partial charge in [0.05, 0.1) is 23.5 Å². The Bertz CT molecular complexity index is 859. The molecule has 0 atom stereocenters. The van der Waals surface area contributed by atoms with Gasteiger partial charge in [-0.1, -0.05) is 26.8 Å². The number of anilines is 1. The van der Waals surface area contributed by atoms with Crippen molar-refractivity contribution < 1.29 is 9.18 Å². The number of nitrogens with zero attached hydrogens (tertiary/aromatic N) is 3. The summed E-state index contributed by atoms with van der Waals surface area (Å²) >= 11 is 0. The molecule has 0 saturated carbocycles. The molecule has 2 heterocycles. The zero-order chi connectivity index (χ0) is 18.2. The molecule has 25 heavy (non-hydrogen) atoms. The van der Waals surface area contributed by atoms with Gasteiger partial charge >= 0.3 is 6.03 Å². The van der Waals surface area contributed by atoms with Gasteiger partial charge in [-0.2, -0.15) is 10.4 Å². The van der Waals surface area contributed by atoms with Gasteiger partial charge in [0.1, 0.15) is 6.07 Å². The lowest BCUT2D eigenvalue weighted by Crippen LogP contribution is -2.39. The third kappa shape index (κ3) is 3.20. The van der Waals surface area contributed by atoms with Crippen molar-refractivity contribution >= 4 is 11.7 Å². The Morgan fingerprint density at radius 1 is 1.44 bits per heavy atom. The molecule has 7 heteroatoms. The van der Waals surface area contributed by atoms with E-state index in [9.17, 15) is 9.18 Å². The van der Waals surface area contributed by atoms with Crippen LogP contribution in [0.2, 0.25) is 0 Å². The summed E-state index contributed by atoms with van der Waals surface area (Å²) in [5.74, 6) is -0.713. The summed E-state index contributed by atoms with van der Waals surface area (Å²) in [7, 11) is 0. The van der Waals surface area contributed by atoms with E-state index in [-0.39, 0.29) is 22.7 Å². The first kappa shape index (κ1) is 17.0. The Morgan fingerprint density at radius 2 is 2.20 bits per heavy atom. The van der Waals surface area contributed by atoms with Crippen molar-refractivity contribution in [1.29, 1.82) is 5.26 Å². The average Bonchev–Trinajstić information content (AvgIpc) is 3.00. The normalized spacial score (nSPS) is 14.0. The van der Waals surface area contributed by atoms with E-state index in [0.29, 0.717) is 19.5 Å². The van der Waals surface area contributed by atoms with E-state index in [1.165, 1.54) is 12.1 Å². The third-order valence-electron chi connectivity index (χ3n) is 4.29. The Hall–Kier alpha value is -2.88. The van der Waals surface area contributed by atoms with Gasteiger partial charge in [-0.25, -0.2) is 9.18 Å². The summed E-state index contributed by atoms with van der Waals surface area (Å²) in [4.78, 5) is 14.2. The Labute approximate surface area is 145 Å². The van der Waals surface area contributed by atoms with Gasteiger partial charge in [0.25, 0.3) is 0 Å². The number of benzene rings is 1. The number of hydrogen-bond acceptors (Lipinski definition) is 3. The minimum absolute atomic E-state index is 0.0121. The largest absolute Gasteiger partial charge is 0.322 e. The van der Waals surface area contributed by atoms with Crippen LogP contribution in [0, 0.1) is 17.1 Å². The van der Waals surface area contributed by atoms with Crippen molar-refractivity contribution in [2.75, 3.05) is 11.9 Å². The molecule has 0 spiro atoms. The number of aromatic amines is 1. The van der Waals surface area contributed by atoms with Gasteiger partial charge in [0, 0.05) is 29.6 Å². The van der Waals surface area contributed by atoms with Crippen LogP contribution in [-0.2, 0) is 18.4 Å². The van der Waals surface area contributed by atoms with Gasteiger partial charge in [-0.15, -0.1) is 0 Å². The lowest BCUT2D eigenvalue weighted by atomic mass is 9.87. The summed E-state index contributed by atoms with van der Waals surface area (Å²) in [5, 5.41) is 18.9. The molecule has 6 nitrogen and oxygen atoms in total. The van der Waals surface area contributed by atoms with E-state index < -0.39 is 5.82 Å². The second-order valence-corrected chi connectivity index (χ2v) is 7.16. The zero-order valence-corrected chi connectivity index (χ0v) is 14.5. The molecule has 2 aromatic rings. The number of H-pyrrole nitrogens is 1. The monoisotopic (exact) mass is 341 g/mol. The predicted molar refractivity (Wildman–Crippen MR) is 91.5 cm³/mol. The first-order valence-corrected chi connectivity index (χ1v) is 8.12. The highest BCUT2D eigenvalue weighted by Gasteiger charge is 2.30. The molecule has 0 fully saturated rings. The second kappa shape index (κ2) is 6.20. The Balaban J connectivity index is 1.80. The molecule has 1 aromatic heterocycles. The summed E-state index contributed by atoms with van der Waals surface area (Å²) < 4.78 is 14.1. The highest BCUT2D eigenvalue weighted by molar-refractivity contribution is 5.89. The molecule has 0 unspecified atom stereocenters. The molecular formula is C18H20FN5O. The minimum Gasteiger partial charge on any atom is -0.320 e. The van der Waals surface area contributed by atoms with Crippen LogP contribution in [-0.4, -0.2) is 27.7 Å². The number of nitriles is 1. The van der Waals surface area contributed by atoms with Crippen molar-refractivity contribution in [2.24, 2.45) is 0 Å². The lowest BCUT2D eigenvalue weighted by Gasteiger charge is -2.29. The summed E-state index contributed by atoms with van der Waals surface area (Å²) in [6.07, 6.45) is 0.673. The number of carbonyl (C=O) groups excluding carboxylic acids is 1. The van der Waals surface area contributed by atoms with Crippen LogP contribution in [0.5, 0.6) is 0 Å². The Morgan fingerprint density at radius 3 is 2.88 bits per heavy atom. The molecule has 2 amide bonds. The predicted octanol–water partition coefficient (Wildman–Crippen LogP) is 3.31. The molecule has 1 aliphatic rings. The van der Waals surface area contributed by atoms with E-state index >= 15 is 0 Å². The van der Waals surface area contributed by atoms with Crippen molar-refractivity contribution in [1.82, 2.24) is 15.1 Å². The fraction of sp³-hybridized carbons (Fsp3) is 0.389. The molecule has 0 bridgehead atoms. The zero-order valence-electron chi connectivity index (χ0n) is 14.5. The van der Waals surface area contributed by atoms with Crippen molar-refractivity contribution in [3.8, 4) is 6.07 Å². The van der Waals surface area contributed by atoms with E-state index in [0.717, 1.165) is 17.0 Å². The first-order valence-electron chi connectivity index (χ1n) is 8.12. The van der Waals surface area contributed by atoms with Crippen molar-refractivity contribution in [3.05, 3.63) is 46.5 Å². The second-order valence-electron chi connectivity index (χ2n) is 7.16. The minimum atomic E-state index is -0.713. The van der Waals surface area contributed by atoms with Gasteiger partial charge < -0.3 is 10.2 Å². The third-order valence-corrected chi connectivity index (χ3v) is 4.29. The number of rotatable bonds is 1. The number of amides is 2. The summed E-state index contributed by atoms with van der Waals surface area (Å²) in [6, 6.07) is 5.74. The Kier molecular flexibility index (Phi) is 4.21. The number of carbonyl (C=O) groups is 1. The number of aromatic nitrogens is 2. The fourth-order valence-corrected chi connectivity index (χ4v) is 3.00. The van der Waals surface area contributed by atoms with Crippen LogP contribution in [0.25, 0.3) is 0 Å². The highest BCUT2D eigenvalue weighted by Crippen LogP contribution is 2.29. The van der Waals surface area contributed by atoms with Crippen molar-refractivity contribution in [2.45, 2.75) is 39.2 Å². The molecular weight excluding hydrogens is 321 g/mol. The molecule has 2 N–H and O–H groups in total. The van der Waals surface area contributed by atoms with Crippen LogP contribution < -0.4 is 5.32 Å². The quantitative estimate of drug-likeness (QED) is 0.834. The number of urea groups is 1. The number of fused-ring (bicyclic) bond motifs is 1. The molecule has 0 radical (unpaired) electrons. The van der Waals surface area contributed by atoms with Crippen LogP contribution in [0.15, 0.2) is 18.2 Å².